The number of nitrogens with two attached hydrogens (primary N) is 1. The molecule has 0 radical (unpaired) electrons. The van der Waals surface area contributed by atoms with Gasteiger partial charge in [-0.1, -0.05) is 12.1 Å². The summed E-state index contributed by atoms with van der Waals surface area (Å²) in [5.41, 5.74) is 9.15. The minimum absolute atomic E-state index is 0.445. The zero-order valence-corrected chi connectivity index (χ0v) is 11.1. The summed E-state index contributed by atoms with van der Waals surface area (Å²) in [5.74, 6) is 0.714. The Hall–Kier alpha value is -2.53. The van der Waals surface area contributed by atoms with E-state index in [1.807, 2.05) is 42.5 Å². The van der Waals surface area contributed by atoms with Gasteiger partial charge >= 0.3 is 0 Å². The first-order valence-corrected chi connectivity index (χ1v) is 6.25. The number of nitrogens with one attached hydrogen (secondary N) is 1. The smallest absolute Gasteiger partial charge is 0.300 e. The summed E-state index contributed by atoms with van der Waals surface area (Å²) in [6, 6.07) is 13.6. The maximum absolute atomic E-state index is 5.74. The number of fused-ring (bicyclic) bond motifs is 1. The van der Waals surface area contributed by atoms with Gasteiger partial charge in [0, 0.05) is 12.8 Å². The molecule has 5 nitrogen and oxygen atoms in total. The monoisotopic (exact) mass is 269 g/mol. The first-order valence-electron chi connectivity index (χ1n) is 6.25. The van der Waals surface area contributed by atoms with E-state index in [9.17, 15) is 0 Å². The summed E-state index contributed by atoms with van der Waals surface area (Å²) in [4.78, 5) is 7.45. The van der Waals surface area contributed by atoms with Crippen molar-refractivity contribution in [2.75, 3.05) is 12.8 Å². The molecule has 5 heteroatoms. The van der Waals surface area contributed by atoms with Gasteiger partial charge < -0.3 is 20.2 Å². The number of nitrogens with zero attached hydrogens (tertiary/aromatic N) is 1. The van der Waals surface area contributed by atoms with Crippen LogP contribution in [0, 0.1) is 0 Å². The number of rotatable bonds is 4. The molecule has 0 aliphatic heterocycles. The van der Waals surface area contributed by atoms with Crippen LogP contribution in [0.5, 0.6) is 11.8 Å². The summed E-state index contributed by atoms with van der Waals surface area (Å²) in [6.07, 6.45) is 0. The Morgan fingerprint density at radius 3 is 2.95 bits per heavy atom. The molecule has 20 heavy (non-hydrogen) atoms. The number of H-pyrrole nitrogens is 1. The number of hydrogen-bond donors (Lipinski definition) is 2. The molecule has 102 valence electrons. The van der Waals surface area contributed by atoms with Crippen LogP contribution < -0.4 is 10.5 Å². The number of hydrogen-bond acceptors (Lipinski definition) is 4. The van der Waals surface area contributed by atoms with Gasteiger partial charge in [0.15, 0.2) is 0 Å². The van der Waals surface area contributed by atoms with Crippen LogP contribution in [-0.2, 0) is 11.3 Å². The maximum Gasteiger partial charge on any atom is 0.300 e. The Morgan fingerprint density at radius 2 is 2.10 bits per heavy atom. The lowest BCUT2D eigenvalue weighted by Gasteiger charge is -2.04. The zero-order chi connectivity index (χ0) is 13.9. The molecule has 3 rings (SSSR count). The van der Waals surface area contributed by atoms with Gasteiger partial charge in [-0.3, -0.25) is 0 Å². The number of methoxy groups -OCH3 is 1. The Labute approximate surface area is 116 Å². The van der Waals surface area contributed by atoms with E-state index in [1.54, 1.807) is 7.11 Å². The molecule has 1 aromatic heterocycles. The van der Waals surface area contributed by atoms with E-state index < -0.39 is 0 Å². The summed E-state index contributed by atoms with van der Waals surface area (Å²) >= 11 is 0. The van der Waals surface area contributed by atoms with Crippen molar-refractivity contribution < 1.29 is 9.47 Å². The van der Waals surface area contributed by atoms with E-state index >= 15 is 0 Å². The molecule has 0 saturated heterocycles. The van der Waals surface area contributed by atoms with Gasteiger partial charge in [0.25, 0.3) is 6.01 Å². The molecule has 0 aliphatic carbocycles. The Kier molecular flexibility index (Phi) is 3.26. The van der Waals surface area contributed by atoms with Crippen LogP contribution in [0.25, 0.3) is 11.0 Å². The largest absolute Gasteiger partial charge is 0.426 e. The van der Waals surface area contributed by atoms with Gasteiger partial charge in [0.2, 0.25) is 0 Å². The molecule has 0 fully saturated rings. The average molecular weight is 269 g/mol. The molecule has 0 amide bonds. The van der Waals surface area contributed by atoms with Crippen LogP contribution in [0.1, 0.15) is 5.56 Å². The Bertz CT molecular complexity index is 737. The number of aromatic nitrogens is 2. The molecule has 3 aromatic rings. The van der Waals surface area contributed by atoms with Gasteiger partial charge in [-0.2, -0.15) is 4.98 Å². The van der Waals surface area contributed by atoms with E-state index in [0.717, 1.165) is 16.6 Å². The van der Waals surface area contributed by atoms with Gasteiger partial charge in [-0.15, -0.1) is 0 Å². The van der Waals surface area contributed by atoms with Gasteiger partial charge in [-0.25, -0.2) is 0 Å². The molecule has 0 bridgehead atoms. The average Bonchev–Trinajstić information content (AvgIpc) is 2.81. The molecule has 0 aliphatic rings. The molecule has 2 aromatic carbocycles. The first-order chi connectivity index (χ1) is 9.74. The lowest BCUT2D eigenvalue weighted by atomic mass is 10.2. The van der Waals surface area contributed by atoms with Crippen LogP contribution in [0.3, 0.4) is 0 Å². The highest BCUT2D eigenvalue weighted by atomic mass is 16.5. The molecule has 0 spiro atoms. The highest BCUT2D eigenvalue weighted by Gasteiger charge is 2.05. The van der Waals surface area contributed by atoms with Crippen LogP contribution in [0.2, 0.25) is 0 Å². The Balaban J connectivity index is 1.87. The normalized spacial score (nSPS) is 10.8. The van der Waals surface area contributed by atoms with Gasteiger partial charge in [0.05, 0.1) is 17.6 Å². The summed E-state index contributed by atoms with van der Waals surface area (Å²) in [5, 5.41) is 0. The van der Waals surface area contributed by atoms with Crippen molar-refractivity contribution in [2.24, 2.45) is 0 Å². The molecular weight excluding hydrogens is 254 g/mol. The van der Waals surface area contributed by atoms with Crippen LogP contribution in [-0.4, -0.2) is 17.1 Å². The van der Waals surface area contributed by atoms with E-state index in [-0.39, 0.29) is 0 Å². The molecule has 0 atom stereocenters. The van der Waals surface area contributed by atoms with Crippen LogP contribution in [0.4, 0.5) is 5.69 Å². The van der Waals surface area contributed by atoms with E-state index in [1.165, 1.54) is 0 Å². The summed E-state index contributed by atoms with van der Waals surface area (Å²) in [7, 11) is 1.66. The number of aromatic amines is 1. The molecule has 0 unspecified atom stereocenters. The molecular formula is C15H15N3O2. The van der Waals surface area contributed by atoms with E-state index in [4.69, 9.17) is 15.2 Å². The van der Waals surface area contributed by atoms with Crippen molar-refractivity contribution in [2.45, 2.75) is 6.61 Å². The number of ether oxygens (including phenoxy) is 2. The quantitative estimate of drug-likeness (QED) is 0.714. The third-order valence-corrected chi connectivity index (χ3v) is 2.91. The third kappa shape index (κ3) is 2.57. The van der Waals surface area contributed by atoms with E-state index in [2.05, 4.69) is 9.97 Å². The van der Waals surface area contributed by atoms with Crippen molar-refractivity contribution in [1.82, 2.24) is 9.97 Å². The van der Waals surface area contributed by atoms with Crippen molar-refractivity contribution in [3.05, 3.63) is 48.0 Å². The third-order valence-electron chi connectivity index (χ3n) is 2.91. The fourth-order valence-corrected chi connectivity index (χ4v) is 2.03. The van der Waals surface area contributed by atoms with Crippen molar-refractivity contribution in [3.8, 4) is 11.8 Å². The Morgan fingerprint density at radius 1 is 1.20 bits per heavy atom. The van der Waals surface area contributed by atoms with Gasteiger partial charge in [0.1, 0.15) is 5.75 Å². The number of imidazole rings is 1. The fraction of sp³-hybridized carbons (Fsp3) is 0.133. The summed E-state index contributed by atoms with van der Waals surface area (Å²) < 4.78 is 10.8. The SMILES string of the molecule is COCc1cccc(Oc2nc3ccc(N)cc3[nH]2)c1. The van der Waals surface area contributed by atoms with Crippen molar-refractivity contribution in [3.63, 3.8) is 0 Å². The molecule has 0 saturated carbocycles. The highest BCUT2D eigenvalue weighted by Crippen LogP contribution is 2.23. The summed E-state index contributed by atoms with van der Waals surface area (Å²) in [6.45, 7) is 0.549. The maximum atomic E-state index is 5.74. The van der Waals surface area contributed by atoms with Crippen molar-refractivity contribution in [1.29, 1.82) is 0 Å². The minimum Gasteiger partial charge on any atom is -0.426 e. The molecule has 3 N–H and O–H groups in total. The van der Waals surface area contributed by atoms with Gasteiger partial charge in [-0.05, 0) is 35.9 Å². The fourth-order valence-electron chi connectivity index (χ4n) is 2.03. The lowest BCUT2D eigenvalue weighted by molar-refractivity contribution is 0.184. The minimum atomic E-state index is 0.445. The van der Waals surface area contributed by atoms with Crippen LogP contribution in [0.15, 0.2) is 42.5 Å². The second-order valence-corrected chi connectivity index (χ2v) is 4.50. The topological polar surface area (TPSA) is 73.2 Å². The number of nitrogen functional groups attached to an aromatic ring is 1. The standard InChI is InChI=1S/C15H15N3O2/c1-19-9-10-3-2-4-12(7-10)20-15-17-13-6-5-11(16)8-14(13)18-15/h2-8H,9,16H2,1H3,(H,17,18). The number of anilines is 1. The second kappa shape index (κ2) is 5.22. The highest BCUT2D eigenvalue weighted by molar-refractivity contribution is 5.79. The predicted molar refractivity (Wildman–Crippen MR) is 77.7 cm³/mol. The zero-order valence-electron chi connectivity index (χ0n) is 11.1. The van der Waals surface area contributed by atoms with Crippen molar-refractivity contribution >= 4 is 16.7 Å². The number of benzene rings is 2. The molecule has 1 heterocycles. The lowest BCUT2D eigenvalue weighted by Crippen LogP contribution is -1.90. The predicted octanol–water partition coefficient (Wildman–Crippen LogP) is 3.08. The van der Waals surface area contributed by atoms with E-state index in [0.29, 0.717) is 24.1 Å². The second-order valence-electron chi connectivity index (χ2n) is 4.50. The van der Waals surface area contributed by atoms with Crippen LogP contribution >= 0.6 is 0 Å². The first kappa shape index (κ1) is 12.5.